The molecule has 0 aromatic carbocycles. The number of rotatable bonds is 2. The minimum absolute atomic E-state index is 0.0438. The van der Waals surface area contributed by atoms with E-state index in [1.165, 1.54) is 17.1 Å². The Kier molecular flexibility index (Phi) is 7.78. The minimum atomic E-state index is -4.36. The van der Waals surface area contributed by atoms with Crippen LogP contribution in [-0.4, -0.2) is 82.2 Å². The predicted molar refractivity (Wildman–Crippen MR) is 164 cm³/mol. The van der Waals surface area contributed by atoms with Crippen LogP contribution >= 0.6 is 25.8 Å². The van der Waals surface area contributed by atoms with E-state index in [-0.39, 0.29) is 23.5 Å². The first kappa shape index (κ1) is 31.6. The largest absolute Gasteiger partial charge is 0.397 e. The van der Waals surface area contributed by atoms with Crippen LogP contribution in [0.25, 0.3) is 22.3 Å². The first-order valence-electron chi connectivity index (χ1n) is 13.4. The zero-order valence-electron chi connectivity index (χ0n) is 23.2. The molecule has 9 atom stereocenters. The van der Waals surface area contributed by atoms with Gasteiger partial charge in [0, 0.05) is 12.6 Å². The average molecular weight is 716 g/mol. The molecule has 2 unspecified atom stereocenters. The molecule has 0 spiro atoms. The van der Waals surface area contributed by atoms with Crippen molar-refractivity contribution in [3.05, 3.63) is 35.3 Å². The number of H-pyrrole nitrogens is 1. The molecule has 0 saturated carbocycles. The van der Waals surface area contributed by atoms with E-state index in [4.69, 9.17) is 57.3 Å². The first-order chi connectivity index (χ1) is 21.8. The van der Waals surface area contributed by atoms with Gasteiger partial charge < -0.3 is 30.4 Å². The number of pyridine rings is 1. The molecule has 0 aliphatic carbocycles. The number of thiol groups is 1. The Morgan fingerprint density at radius 1 is 1.20 bits per heavy atom. The maximum Gasteiger partial charge on any atom is 0.386 e. The molecule has 2 bridgehead atoms. The van der Waals surface area contributed by atoms with E-state index in [1.54, 1.807) is 10.6 Å². The lowest BCUT2D eigenvalue weighted by Crippen LogP contribution is -2.43. The topological polar surface area (TPSA) is 239 Å². The van der Waals surface area contributed by atoms with Crippen molar-refractivity contribution in [2.45, 2.75) is 49.0 Å². The third-order valence-corrected chi connectivity index (χ3v) is 10.8. The van der Waals surface area contributed by atoms with Crippen LogP contribution in [0.1, 0.15) is 18.9 Å². The highest BCUT2D eigenvalue weighted by Crippen LogP contribution is 2.59. The van der Waals surface area contributed by atoms with Crippen LogP contribution in [-0.2, 0) is 43.9 Å². The third-order valence-electron chi connectivity index (χ3n) is 7.68. The van der Waals surface area contributed by atoms with Crippen molar-refractivity contribution in [3.8, 4) is 12.3 Å². The molecule has 23 heteroatoms. The van der Waals surface area contributed by atoms with Crippen LogP contribution in [0.2, 0.25) is 0 Å². The van der Waals surface area contributed by atoms with Gasteiger partial charge in [0.2, 0.25) is 5.95 Å². The Morgan fingerprint density at radius 3 is 2.74 bits per heavy atom. The van der Waals surface area contributed by atoms with Crippen LogP contribution in [0.5, 0.6) is 0 Å². The van der Waals surface area contributed by atoms with Crippen LogP contribution in [0.15, 0.2) is 29.7 Å². The van der Waals surface area contributed by atoms with Crippen LogP contribution in [0.3, 0.4) is 0 Å². The normalized spacial score (nSPS) is 36.9. The smallest absolute Gasteiger partial charge is 0.386 e. The lowest BCUT2D eigenvalue weighted by molar-refractivity contribution is -0.0882. The number of aromatic nitrogens is 7. The summed E-state index contributed by atoms with van der Waals surface area (Å²) in [6.45, 7) is -10.00. The molecule has 3 saturated heterocycles. The number of nitrogens with one attached hydrogen (secondary N) is 1. The monoisotopic (exact) mass is 715 g/mol. The Balaban J connectivity index is 1.23. The summed E-state index contributed by atoms with van der Waals surface area (Å²) in [6.07, 6.45) is 1.21. The van der Waals surface area contributed by atoms with Crippen molar-refractivity contribution in [1.82, 2.24) is 34.1 Å². The second-order valence-corrected chi connectivity index (χ2v) is 16.2. The van der Waals surface area contributed by atoms with Gasteiger partial charge in [-0.25, -0.2) is 23.9 Å². The van der Waals surface area contributed by atoms with Gasteiger partial charge >= 0.3 is 13.5 Å². The number of alkyl halides is 1. The van der Waals surface area contributed by atoms with Crippen molar-refractivity contribution in [1.29, 1.82) is 0 Å². The Labute approximate surface area is 267 Å². The summed E-state index contributed by atoms with van der Waals surface area (Å²) in [5.41, 5.74) is 10.2. The van der Waals surface area contributed by atoms with Gasteiger partial charge in [-0.3, -0.25) is 32.5 Å². The maximum atomic E-state index is 15.9. The lowest BCUT2D eigenvalue weighted by Gasteiger charge is -2.32. The molecule has 3 aliphatic heterocycles. The van der Waals surface area contributed by atoms with E-state index in [9.17, 15) is 14.3 Å². The molecular formula is C23H24FN9O9P2S2. The number of nitrogens with zero attached hydrogens (tertiary/aromatic N) is 6. The van der Waals surface area contributed by atoms with E-state index >= 15 is 4.39 Å². The van der Waals surface area contributed by atoms with Gasteiger partial charge in [0.15, 0.2) is 34.8 Å². The number of terminal acetylenes is 1. The zero-order valence-corrected chi connectivity index (χ0v) is 26.7. The van der Waals surface area contributed by atoms with Gasteiger partial charge in [-0.2, -0.15) is 4.98 Å². The molecule has 244 valence electrons. The quantitative estimate of drug-likeness (QED) is 0.112. The molecule has 7 rings (SSSR count). The summed E-state index contributed by atoms with van der Waals surface area (Å²) in [7, 11) is 0. The predicted octanol–water partition coefficient (Wildman–Crippen LogP) is 1.33. The fraction of sp³-hybridized carbons (Fsp3) is 0.435. The molecule has 46 heavy (non-hydrogen) atoms. The molecule has 3 aliphatic rings. The fourth-order valence-electron chi connectivity index (χ4n) is 5.51. The van der Waals surface area contributed by atoms with Crippen molar-refractivity contribution >= 4 is 71.5 Å². The summed E-state index contributed by atoms with van der Waals surface area (Å²) in [4.78, 5) is 42.5. The highest BCUT2D eigenvalue weighted by Gasteiger charge is 2.55. The zero-order chi connectivity index (χ0) is 32.6. The van der Waals surface area contributed by atoms with Crippen LogP contribution < -0.4 is 17.0 Å². The number of nitrogens with two attached hydrogens (primary N) is 2. The number of hydrogen-bond donors (Lipinski definition) is 5. The van der Waals surface area contributed by atoms with Gasteiger partial charge in [-0.15, -0.1) is 6.42 Å². The van der Waals surface area contributed by atoms with E-state index in [1.807, 2.05) is 0 Å². The number of aromatic amines is 1. The summed E-state index contributed by atoms with van der Waals surface area (Å²) in [6, 6.07) is 1.58. The molecule has 0 radical (unpaired) electrons. The van der Waals surface area contributed by atoms with Gasteiger partial charge in [-0.05, 0) is 17.9 Å². The van der Waals surface area contributed by atoms with Gasteiger partial charge in [0.05, 0.1) is 31.6 Å². The Morgan fingerprint density at radius 2 is 1.96 bits per heavy atom. The molecular weight excluding hydrogens is 691 g/mol. The third kappa shape index (κ3) is 5.42. The Hall–Kier alpha value is -2.99. The standard InChI is InChI=1S/C23H24FN9O9P2S2/c1-2-23-7-38-44(36,46)42-17-14(24)11(39-21(17)33-9-29-16-19(33)30-22(26)31-20(16)34)6-37-43(35,45)41-12(23)5-13(40-23)32-8-28-15-10(25)3-4-27-18(15)32/h1,3-4,8-9,11-14,17,21H,5-7H2,(H2,25,27)(H,35,45)(H,36,46)(H3,26,30,31,34)/t11-,12+,13-,14+,17-,21-,23-,43?,44?/m1/s1. The van der Waals surface area contributed by atoms with E-state index in [0.717, 1.165) is 6.33 Å². The maximum absolute atomic E-state index is 15.9. The lowest BCUT2D eigenvalue weighted by atomic mass is 9.99. The number of imidazole rings is 2. The first-order valence-corrected chi connectivity index (χ1v) is 18.6. The van der Waals surface area contributed by atoms with Crippen molar-refractivity contribution in [2.75, 3.05) is 24.7 Å². The van der Waals surface area contributed by atoms with Crippen molar-refractivity contribution < 1.29 is 41.4 Å². The molecule has 7 heterocycles. The Bertz CT molecular complexity index is 2060. The number of ether oxygens (including phenoxy) is 2. The number of anilines is 2. The highest BCUT2D eigenvalue weighted by molar-refractivity contribution is 8.44. The van der Waals surface area contributed by atoms with E-state index in [2.05, 4.69) is 43.1 Å². The number of hydrogen-bond acceptors (Lipinski definition) is 15. The molecule has 18 nitrogen and oxygen atoms in total. The van der Waals surface area contributed by atoms with Gasteiger partial charge in [-0.1, -0.05) is 18.2 Å². The molecule has 4 aromatic heterocycles. The SMILES string of the molecule is C#C[C@@]12COP(O)(=S)O[C@@H]3[C@@H](F)[C@@H](COP(=O)(S)O[C@H]1C[C@H](n1cnc4c(N)ccnc41)O2)O[C@H]3n1cnc2c(=O)[nH]c(N)nc21. The molecule has 6 N–H and O–H groups in total. The molecule has 4 aromatic rings. The van der Waals surface area contributed by atoms with Crippen molar-refractivity contribution in [2.24, 2.45) is 0 Å². The molecule has 0 amide bonds. The second kappa shape index (κ2) is 11.3. The van der Waals surface area contributed by atoms with Gasteiger partial charge in [0.25, 0.3) is 5.56 Å². The highest BCUT2D eigenvalue weighted by atomic mass is 32.7. The minimum Gasteiger partial charge on any atom is -0.397 e. The summed E-state index contributed by atoms with van der Waals surface area (Å²) in [5, 5.41) is 0. The number of halogens is 1. The van der Waals surface area contributed by atoms with Crippen LogP contribution in [0.4, 0.5) is 16.0 Å². The fourth-order valence-corrected chi connectivity index (χ4v) is 8.43. The van der Waals surface area contributed by atoms with Crippen LogP contribution in [0, 0.1) is 12.3 Å². The van der Waals surface area contributed by atoms with Crippen molar-refractivity contribution in [3.63, 3.8) is 0 Å². The van der Waals surface area contributed by atoms with E-state index < -0.39 is 74.8 Å². The number of nitrogen functional groups attached to an aromatic ring is 2. The summed E-state index contributed by atoms with van der Waals surface area (Å²) >= 11 is 9.36. The average Bonchev–Trinajstić information content (AvgIpc) is 3.76. The van der Waals surface area contributed by atoms with Gasteiger partial charge in [0.1, 0.15) is 30.1 Å². The number of fused-ring (bicyclic) bond motifs is 5. The van der Waals surface area contributed by atoms with E-state index in [0.29, 0.717) is 16.9 Å². The second-order valence-electron chi connectivity index (χ2n) is 10.5. The molecule has 3 fully saturated rings. The summed E-state index contributed by atoms with van der Waals surface area (Å²) in [5.74, 6) is 2.21. The summed E-state index contributed by atoms with van der Waals surface area (Å²) < 4.78 is 66.9.